The number of hydrogen-bond acceptors (Lipinski definition) is 3. The van der Waals surface area contributed by atoms with Gasteiger partial charge in [0.25, 0.3) is 0 Å². The highest BCUT2D eigenvalue weighted by atomic mass is 35.5. The fraction of sp³-hybridized carbons (Fsp3) is 0. The molecular formula is C29H18ClN3. The largest absolute Gasteiger partial charge is 0.226 e. The van der Waals surface area contributed by atoms with Crippen molar-refractivity contribution in [2.75, 3.05) is 0 Å². The minimum absolute atomic E-state index is 0.184. The highest BCUT2D eigenvalue weighted by molar-refractivity contribution is 6.28. The third kappa shape index (κ3) is 3.73. The molecule has 0 unspecified atom stereocenters. The molecule has 156 valence electrons. The van der Waals surface area contributed by atoms with Gasteiger partial charge in [-0.1, -0.05) is 97.1 Å². The molecule has 0 atom stereocenters. The van der Waals surface area contributed by atoms with Crippen LogP contribution in [0, 0.1) is 0 Å². The summed E-state index contributed by atoms with van der Waals surface area (Å²) >= 11 is 6.27. The third-order valence-corrected chi connectivity index (χ3v) is 6.01. The molecule has 0 aliphatic rings. The van der Waals surface area contributed by atoms with E-state index in [1.165, 1.54) is 21.9 Å². The van der Waals surface area contributed by atoms with Gasteiger partial charge in [-0.15, -0.1) is 0 Å². The van der Waals surface area contributed by atoms with Gasteiger partial charge in [0.15, 0.2) is 11.6 Å². The molecule has 0 spiro atoms. The van der Waals surface area contributed by atoms with Crippen molar-refractivity contribution in [1.82, 2.24) is 15.0 Å². The predicted octanol–water partition coefficient (Wildman–Crippen LogP) is 7.83. The Morgan fingerprint density at radius 3 is 1.97 bits per heavy atom. The fourth-order valence-corrected chi connectivity index (χ4v) is 4.39. The summed E-state index contributed by atoms with van der Waals surface area (Å²) in [7, 11) is 0. The molecule has 0 amide bonds. The van der Waals surface area contributed by atoms with E-state index < -0.39 is 0 Å². The Balaban J connectivity index is 1.47. The Kier molecular flexibility index (Phi) is 4.82. The Morgan fingerprint density at radius 2 is 1.12 bits per heavy atom. The quantitative estimate of drug-likeness (QED) is 0.279. The zero-order valence-electron chi connectivity index (χ0n) is 17.6. The first kappa shape index (κ1) is 19.6. The summed E-state index contributed by atoms with van der Waals surface area (Å²) in [6.07, 6.45) is 0. The van der Waals surface area contributed by atoms with E-state index in [-0.39, 0.29) is 5.28 Å². The average molecular weight is 444 g/mol. The average Bonchev–Trinajstić information content (AvgIpc) is 2.88. The van der Waals surface area contributed by atoms with Crippen molar-refractivity contribution < 1.29 is 0 Å². The summed E-state index contributed by atoms with van der Waals surface area (Å²) in [4.78, 5) is 13.4. The lowest BCUT2D eigenvalue weighted by molar-refractivity contribution is 1.07. The van der Waals surface area contributed by atoms with Gasteiger partial charge in [0.05, 0.1) is 0 Å². The van der Waals surface area contributed by atoms with Gasteiger partial charge in [0.2, 0.25) is 5.28 Å². The Bertz CT molecular complexity index is 1620. The molecule has 6 aromatic rings. The van der Waals surface area contributed by atoms with Crippen molar-refractivity contribution in [2.24, 2.45) is 0 Å². The third-order valence-electron chi connectivity index (χ3n) is 5.84. The molecule has 5 aromatic carbocycles. The van der Waals surface area contributed by atoms with E-state index in [0.717, 1.165) is 21.9 Å². The highest BCUT2D eigenvalue weighted by Crippen LogP contribution is 2.32. The van der Waals surface area contributed by atoms with Crippen LogP contribution in [-0.4, -0.2) is 15.0 Å². The van der Waals surface area contributed by atoms with Crippen molar-refractivity contribution in [2.45, 2.75) is 0 Å². The molecule has 4 heteroatoms. The second-order valence-corrected chi connectivity index (χ2v) is 8.26. The lowest BCUT2D eigenvalue weighted by Gasteiger charge is -2.10. The van der Waals surface area contributed by atoms with E-state index >= 15 is 0 Å². The van der Waals surface area contributed by atoms with Gasteiger partial charge < -0.3 is 0 Å². The minimum Gasteiger partial charge on any atom is -0.208 e. The van der Waals surface area contributed by atoms with Crippen LogP contribution >= 0.6 is 11.6 Å². The van der Waals surface area contributed by atoms with Crippen molar-refractivity contribution in [3.8, 4) is 33.9 Å². The zero-order valence-corrected chi connectivity index (χ0v) is 18.4. The molecule has 0 radical (unpaired) electrons. The molecule has 0 fully saturated rings. The number of nitrogens with zero attached hydrogens (tertiary/aromatic N) is 3. The number of aromatic nitrogens is 3. The lowest BCUT2D eigenvalue weighted by atomic mass is 9.95. The molecule has 0 saturated carbocycles. The maximum Gasteiger partial charge on any atom is 0.226 e. The number of rotatable bonds is 3. The predicted molar refractivity (Wildman–Crippen MR) is 136 cm³/mol. The van der Waals surface area contributed by atoms with Gasteiger partial charge in [-0.2, -0.15) is 9.97 Å². The van der Waals surface area contributed by atoms with E-state index in [2.05, 4.69) is 82.8 Å². The first-order chi connectivity index (χ1) is 16.2. The minimum atomic E-state index is 0.184. The van der Waals surface area contributed by atoms with Crippen molar-refractivity contribution >= 4 is 33.1 Å². The number of halogens is 1. The van der Waals surface area contributed by atoms with E-state index in [9.17, 15) is 0 Å². The van der Waals surface area contributed by atoms with Crippen molar-refractivity contribution in [3.05, 3.63) is 114 Å². The lowest BCUT2D eigenvalue weighted by Crippen LogP contribution is -1.97. The van der Waals surface area contributed by atoms with Gasteiger partial charge in [-0.05, 0) is 56.4 Å². The molecule has 0 bridgehead atoms. The van der Waals surface area contributed by atoms with Crippen LogP contribution in [0.3, 0.4) is 0 Å². The second kappa shape index (κ2) is 8.12. The SMILES string of the molecule is Clc1nc(-c2ccccc2)nc(-c2ccc3ccc(-c4cccc5ccccc45)cc3c2)n1. The summed E-state index contributed by atoms with van der Waals surface area (Å²) in [6, 6.07) is 37.5. The van der Waals surface area contributed by atoms with Crippen LogP contribution in [0.25, 0.3) is 55.4 Å². The summed E-state index contributed by atoms with van der Waals surface area (Å²) in [5, 5.41) is 4.94. The normalized spacial score (nSPS) is 11.2. The molecule has 33 heavy (non-hydrogen) atoms. The Hall–Kier alpha value is -4.08. The molecule has 0 aliphatic carbocycles. The van der Waals surface area contributed by atoms with Crippen molar-refractivity contribution in [3.63, 3.8) is 0 Å². The van der Waals surface area contributed by atoms with Crippen molar-refractivity contribution in [1.29, 1.82) is 0 Å². The molecule has 3 nitrogen and oxygen atoms in total. The first-order valence-corrected chi connectivity index (χ1v) is 11.1. The molecule has 6 rings (SSSR count). The van der Waals surface area contributed by atoms with E-state index in [0.29, 0.717) is 11.6 Å². The topological polar surface area (TPSA) is 38.7 Å². The first-order valence-electron chi connectivity index (χ1n) is 10.7. The van der Waals surface area contributed by atoms with Gasteiger partial charge in [-0.25, -0.2) is 4.98 Å². The van der Waals surface area contributed by atoms with E-state index in [4.69, 9.17) is 16.6 Å². The van der Waals surface area contributed by atoms with Crippen LogP contribution in [0.1, 0.15) is 0 Å². The monoisotopic (exact) mass is 443 g/mol. The summed E-state index contributed by atoms with van der Waals surface area (Å²) < 4.78 is 0. The van der Waals surface area contributed by atoms with Crippen LogP contribution in [-0.2, 0) is 0 Å². The van der Waals surface area contributed by atoms with Crippen LogP contribution < -0.4 is 0 Å². The van der Waals surface area contributed by atoms with Crippen LogP contribution in [0.5, 0.6) is 0 Å². The van der Waals surface area contributed by atoms with E-state index in [1.807, 2.05) is 36.4 Å². The van der Waals surface area contributed by atoms with E-state index in [1.54, 1.807) is 0 Å². The molecule has 0 saturated heterocycles. The van der Waals surface area contributed by atoms with Gasteiger partial charge in [-0.3, -0.25) is 0 Å². The number of fused-ring (bicyclic) bond motifs is 2. The maximum atomic E-state index is 6.27. The Labute approximate surface area is 196 Å². The van der Waals surface area contributed by atoms with Crippen LogP contribution in [0.4, 0.5) is 0 Å². The number of benzene rings is 5. The second-order valence-electron chi connectivity index (χ2n) is 7.92. The summed E-state index contributed by atoms with van der Waals surface area (Å²) in [5.41, 5.74) is 4.20. The maximum absolute atomic E-state index is 6.27. The fourth-order valence-electron chi connectivity index (χ4n) is 4.23. The molecule has 0 N–H and O–H groups in total. The molecular weight excluding hydrogens is 426 g/mol. The molecule has 1 aromatic heterocycles. The molecule has 0 aliphatic heterocycles. The number of hydrogen-bond donors (Lipinski definition) is 0. The van der Waals surface area contributed by atoms with Gasteiger partial charge in [0.1, 0.15) is 0 Å². The van der Waals surface area contributed by atoms with Crippen LogP contribution in [0.15, 0.2) is 109 Å². The summed E-state index contributed by atoms with van der Waals surface area (Å²) in [5.74, 6) is 1.13. The zero-order chi connectivity index (χ0) is 22.2. The molecule has 1 heterocycles. The standard InChI is InChI=1S/C29H18ClN3/c30-29-32-27(21-8-2-1-3-9-21)31-28(33-29)23-16-14-19-13-15-22(17-24(19)18-23)26-12-6-10-20-7-4-5-11-25(20)26/h1-18H. The van der Waals surface area contributed by atoms with Gasteiger partial charge >= 0.3 is 0 Å². The Morgan fingerprint density at radius 1 is 0.455 bits per heavy atom. The van der Waals surface area contributed by atoms with Gasteiger partial charge in [0, 0.05) is 11.1 Å². The van der Waals surface area contributed by atoms with Crippen LogP contribution in [0.2, 0.25) is 5.28 Å². The highest BCUT2D eigenvalue weighted by Gasteiger charge is 2.11. The smallest absolute Gasteiger partial charge is 0.208 e. The summed E-state index contributed by atoms with van der Waals surface area (Å²) in [6.45, 7) is 0.